The second-order valence-electron chi connectivity index (χ2n) is 7.92. The van der Waals surface area contributed by atoms with E-state index in [0.29, 0.717) is 18.2 Å². The predicted molar refractivity (Wildman–Crippen MR) is 98.6 cm³/mol. The number of piperazine rings is 1. The van der Waals surface area contributed by atoms with Gasteiger partial charge in [0.05, 0.1) is 0 Å². The van der Waals surface area contributed by atoms with E-state index >= 15 is 0 Å². The van der Waals surface area contributed by atoms with Gasteiger partial charge >= 0.3 is 0 Å². The number of rotatable bonds is 3. The molecule has 1 N–H and O–H groups in total. The van der Waals surface area contributed by atoms with Crippen LogP contribution in [-0.4, -0.2) is 42.2 Å². The lowest BCUT2D eigenvalue weighted by molar-refractivity contribution is -0.0218. The van der Waals surface area contributed by atoms with E-state index in [0.717, 1.165) is 18.3 Å². The van der Waals surface area contributed by atoms with Crippen LogP contribution in [0.4, 0.5) is 0 Å². The number of nitrogens with one attached hydrogen (secondary N) is 1. The lowest BCUT2D eigenvalue weighted by atomic mass is 9.83. The summed E-state index contributed by atoms with van der Waals surface area (Å²) < 4.78 is 6.57. The van der Waals surface area contributed by atoms with Crippen LogP contribution in [0, 0.1) is 6.92 Å². The first-order chi connectivity index (χ1) is 11.8. The maximum Gasteiger partial charge on any atom is 0.122 e. The van der Waals surface area contributed by atoms with E-state index in [1.165, 1.54) is 63.5 Å². The van der Waals surface area contributed by atoms with Gasteiger partial charge in [-0.1, -0.05) is 37.5 Å². The molecule has 3 nitrogen and oxygen atoms in total. The van der Waals surface area contributed by atoms with Gasteiger partial charge in [-0.25, -0.2) is 0 Å². The molecule has 24 heavy (non-hydrogen) atoms. The van der Waals surface area contributed by atoms with Crippen LogP contribution in [0.2, 0.25) is 0 Å². The molecule has 2 aliphatic carbocycles. The quantitative estimate of drug-likeness (QED) is 0.911. The molecule has 2 saturated carbocycles. The third-order valence-electron chi connectivity index (χ3n) is 6.40. The van der Waals surface area contributed by atoms with Crippen molar-refractivity contribution in [3.05, 3.63) is 29.8 Å². The maximum atomic E-state index is 6.57. The minimum atomic E-state index is 0.362. The number of nitrogens with zero attached hydrogens (tertiary/aromatic N) is 1. The molecule has 0 spiro atoms. The Hall–Kier alpha value is -1.06. The van der Waals surface area contributed by atoms with E-state index in [-0.39, 0.29) is 0 Å². The van der Waals surface area contributed by atoms with E-state index in [9.17, 15) is 0 Å². The van der Waals surface area contributed by atoms with Crippen molar-refractivity contribution in [1.82, 2.24) is 10.2 Å². The van der Waals surface area contributed by atoms with Gasteiger partial charge in [-0.3, -0.25) is 4.90 Å². The highest BCUT2D eigenvalue weighted by molar-refractivity contribution is 5.32. The maximum absolute atomic E-state index is 6.57. The highest BCUT2D eigenvalue weighted by atomic mass is 16.5. The van der Waals surface area contributed by atoms with Gasteiger partial charge in [-0.15, -0.1) is 0 Å². The van der Waals surface area contributed by atoms with Crippen LogP contribution >= 0.6 is 0 Å². The molecule has 3 aliphatic rings. The second-order valence-corrected chi connectivity index (χ2v) is 7.92. The smallest absolute Gasteiger partial charge is 0.122 e. The molecule has 0 aromatic heterocycles. The Labute approximate surface area is 146 Å². The molecule has 1 aromatic rings. The number of ether oxygens (including phenoxy) is 1. The fourth-order valence-corrected chi connectivity index (χ4v) is 5.15. The largest absolute Gasteiger partial charge is 0.489 e. The number of fused-ring (bicyclic) bond motifs is 1. The SMILES string of the molecule is Cc1ccccc1O[C@@H]1CCCC[C@@H]1N1CCN[C@@H]2CCCC[C@@H]21. The van der Waals surface area contributed by atoms with Crippen molar-refractivity contribution in [2.75, 3.05) is 13.1 Å². The van der Waals surface area contributed by atoms with E-state index in [4.69, 9.17) is 4.74 Å². The van der Waals surface area contributed by atoms with Gasteiger partial charge in [0.15, 0.2) is 0 Å². The molecule has 1 saturated heterocycles. The average Bonchev–Trinajstić information content (AvgIpc) is 2.64. The molecule has 4 rings (SSSR count). The second kappa shape index (κ2) is 7.45. The molecule has 1 aromatic carbocycles. The molecule has 3 heteroatoms. The first kappa shape index (κ1) is 16.4. The summed E-state index contributed by atoms with van der Waals surface area (Å²) in [5.74, 6) is 1.09. The van der Waals surface area contributed by atoms with Gasteiger partial charge in [0.2, 0.25) is 0 Å². The summed E-state index contributed by atoms with van der Waals surface area (Å²) in [6.45, 7) is 4.50. The first-order valence-electron chi connectivity index (χ1n) is 10.0. The lowest BCUT2D eigenvalue weighted by Crippen LogP contribution is -2.64. The fraction of sp³-hybridized carbons (Fsp3) is 0.714. The van der Waals surface area contributed by atoms with Crippen molar-refractivity contribution >= 4 is 0 Å². The molecule has 0 radical (unpaired) electrons. The van der Waals surface area contributed by atoms with E-state index in [2.05, 4.69) is 41.4 Å². The Morgan fingerprint density at radius 3 is 2.58 bits per heavy atom. The molecular formula is C21H32N2O. The number of hydrogen-bond donors (Lipinski definition) is 1. The van der Waals surface area contributed by atoms with Crippen molar-refractivity contribution in [1.29, 1.82) is 0 Å². The highest BCUT2D eigenvalue weighted by Crippen LogP contribution is 2.34. The zero-order valence-electron chi connectivity index (χ0n) is 15.0. The summed E-state index contributed by atoms with van der Waals surface area (Å²) in [6.07, 6.45) is 11.1. The predicted octanol–water partition coefficient (Wildman–Crippen LogP) is 3.90. The van der Waals surface area contributed by atoms with Crippen LogP contribution in [0.1, 0.15) is 56.9 Å². The van der Waals surface area contributed by atoms with Gasteiger partial charge in [0.25, 0.3) is 0 Å². The van der Waals surface area contributed by atoms with Gasteiger partial charge in [-0.2, -0.15) is 0 Å². The van der Waals surface area contributed by atoms with Crippen LogP contribution in [0.25, 0.3) is 0 Å². The number of aryl methyl sites for hydroxylation is 1. The van der Waals surface area contributed by atoms with E-state index in [1.807, 2.05) is 0 Å². The van der Waals surface area contributed by atoms with E-state index in [1.54, 1.807) is 0 Å². The zero-order valence-corrected chi connectivity index (χ0v) is 15.0. The van der Waals surface area contributed by atoms with Gasteiger partial charge < -0.3 is 10.1 Å². The summed E-state index contributed by atoms with van der Waals surface area (Å²) >= 11 is 0. The molecular weight excluding hydrogens is 296 g/mol. The minimum Gasteiger partial charge on any atom is -0.489 e. The molecule has 3 fully saturated rings. The van der Waals surface area contributed by atoms with Gasteiger partial charge in [0.1, 0.15) is 11.9 Å². The number of benzene rings is 1. The molecule has 132 valence electrons. The summed E-state index contributed by atoms with van der Waals surface area (Å²) in [4.78, 5) is 2.84. The summed E-state index contributed by atoms with van der Waals surface area (Å²) in [5, 5.41) is 3.78. The molecule has 0 unspecified atom stereocenters. The topological polar surface area (TPSA) is 24.5 Å². The lowest BCUT2D eigenvalue weighted by Gasteiger charge is -2.50. The Balaban J connectivity index is 1.52. The van der Waals surface area contributed by atoms with Crippen LogP contribution in [0.15, 0.2) is 24.3 Å². The Morgan fingerprint density at radius 1 is 0.958 bits per heavy atom. The van der Waals surface area contributed by atoms with Crippen LogP contribution in [-0.2, 0) is 0 Å². The average molecular weight is 329 g/mol. The van der Waals surface area contributed by atoms with E-state index < -0.39 is 0 Å². The monoisotopic (exact) mass is 328 g/mol. The van der Waals surface area contributed by atoms with Crippen molar-refractivity contribution in [3.8, 4) is 5.75 Å². The van der Waals surface area contributed by atoms with Crippen LogP contribution in [0.3, 0.4) is 0 Å². The highest BCUT2D eigenvalue weighted by Gasteiger charge is 2.40. The molecule has 0 bridgehead atoms. The molecule has 4 atom stereocenters. The van der Waals surface area contributed by atoms with Crippen LogP contribution in [0.5, 0.6) is 5.75 Å². The number of hydrogen-bond acceptors (Lipinski definition) is 3. The van der Waals surface area contributed by atoms with Crippen molar-refractivity contribution in [3.63, 3.8) is 0 Å². The van der Waals surface area contributed by atoms with Crippen LogP contribution < -0.4 is 10.1 Å². The van der Waals surface area contributed by atoms with Gasteiger partial charge in [-0.05, 0) is 50.7 Å². The summed E-state index contributed by atoms with van der Waals surface area (Å²) in [7, 11) is 0. The van der Waals surface area contributed by atoms with Crippen molar-refractivity contribution in [2.24, 2.45) is 0 Å². The third kappa shape index (κ3) is 3.34. The Kier molecular flexibility index (Phi) is 5.09. The molecule has 1 heterocycles. The van der Waals surface area contributed by atoms with Crippen molar-refractivity contribution < 1.29 is 4.74 Å². The molecule has 1 aliphatic heterocycles. The summed E-state index contributed by atoms with van der Waals surface area (Å²) in [5.41, 5.74) is 1.26. The molecule has 0 amide bonds. The Morgan fingerprint density at radius 2 is 1.71 bits per heavy atom. The zero-order chi connectivity index (χ0) is 16.4. The normalized spacial score (nSPS) is 34.5. The minimum absolute atomic E-state index is 0.362. The third-order valence-corrected chi connectivity index (χ3v) is 6.40. The summed E-state index contributed by atoms with van der Waals surface area (Å²) in [6, 6.07) is 10.6. The standard InChI is InChI=1S/C21H32N2O/c1-16-8-2-6-12-20(16)24-21-13-7-5-11-19(21)23-15-14-22-17-9-3-4-10-18(17)23/h2,6,8,12,17-19,21-22H,3-5,7,9-11,13-15H2,1H3/t17-,18+,19+,21-/m1/s1. The van der Waals surface area contributed by atoms with Gasteiger partial charge in [0, 0.05) is 31.2 Å². The first-order valence-corrected chi connectivity index (χ1v) is 10.0. The van der Waals surface area contributed by atoms with Crippen molar-refractivity contribution in [2.45, 2.75) is 82.5 Å². The Bertz CT molecular complexity index is 544. The number of para-hydroxylation sites is 1. The fourth-order valence-electron chi connectivity index (χ4n) is 5.15.